The number of aromatic nitrogens is 2. The minimum Gasteiger partial charge on any atom is -0.369 e. The third kappa shape index (κ3) is 1.62. The lowest BCUT2D eigenvalue weighted by molar-refractivity contribution is -0.142. The van der Waals surface area contributed by atoms with Gasteiger partial charge in [-0.3, -0.25) is 9.89 Å². The Morgan fingerprint density at radius 3 is 2.80 bits per heavy atom. The van der Waals surface area contributed by atoms with Gasteiger partial charge < -0.3 is 9.80 Å². The van der Waals surface area contributed by atoms with Crippen LogP contribution in [0.25, 0.3) is 10.9 Å². The summed E-state index contributed by atoms with van der Waals surface area (Å²) in [6.07, 6.45) is 1.84. The molecule has 2 saturated heterocycles. The maximum absolute atomic E-state index is 11.3. The average Bonchev–Trinajstić information content (AvgIpc) is 2.72. The van der Waals surface area contributed by atoms with E-state index in [9.17, 15) is 4.79 Å². The number of hydrogen-bond acceptors (Lipinski definition) is 3. The fraction of sp³-hybridized carbons (Fsp3) is 0.429. The average molecular weight is 291 g/mol. The van der Waals surface area contributed by atoms with Gasteiger partial charge in [-0.25, -0.2) is 0 Å². The van der Waals surface area contributed by atoms with Crippen molar-refractivity contribution in [3.8, 4) is 0 Å². The van der Waals surface area contributed by atoms with E-state index in [4.69, 9.17) is 11.6 Å². The molecular formula is C14H15ClN4O. The van der Waals surface area contributed by atoms with Crippen LogP contribution in [-0.4, -0.2) is 47.2 Å². The molecule has 0 radical (unpaired) electrons. The normalized spacial score (nSPS) is 20.1. The predicted octanol–water partition coefficient (Wildman–Crippen LogP) is 1.88. The number of benzene rings is 1. The number of aromatic amines is 1. The van der Waals surface area contributed by atoms with Gasteiger partial charge in [-0.05, 0) is 12.1 Å². The maximum Gasteiger partial charge on any atom is 0.219 e. The predicted molar refractivity (Wildman–Crippen MR) is 78.0 cm³/mol. The molecule has 4 rings (SSSR count). The second-order valence-corrected chi connectivity index (χ2v) is 6.42. The minimum atomic E-state index is 0.175. The largest absolute Gasteiger partial charge is 0.369 e. The number of likely N-dealkylation sites (tertiary alicyclic amines) is 1. The number of fused-ring (bicyclic) bond motifs is 1. The summed E-state index contributed by atoms with van der Waals surface area (Å²) < 4.78 is 0. The number of nitrogens with one attached hydrogen (secondary N) is 1. The second kappa shape index (κ2) is 3.88. The first kappa shape index (κ1) is 12.0. The number of rotatable bonds is 1. The lowest BCUT2D eigenvalue weighted by Crippen LogP contribution is -2.72. The van der Waals surface area contributed by atoms with Crippen LogP contribution in [-0.2, 0) is 4.79 Å². The lowest BCUT2D eigenvalue weighted by atomic mass is 9.72. The quantitative estimate of drug-likeness (QED) is 0.872. The monoisotopic (exact) mass is 290 g/mol. The number of halogens is 1. The van der Waals surface area contributed by atoms with Gasteiger partial charge in [0, 0.05) is 54.6 Å². The highest BCUT2D eigenvalue weighted by Crippen LogP contribution is 2.44. The number of nitrogens with zero attached hydrogens (tertiary/aromatic N) is 3. The molecule has 5 nitrogen and oxygen atoms in total. The Morgan fingerprint density at radius 1 is 1.35 bits per heavy atom. The number of hydrogen-bond donors (Lipinski definition) is 1. The number of amides is 1. The molecule has 0 bridgehead atoms. The summed E-state index contributed by atoms with van der Waals surface area (Å²) in [4.78, 5) is 15.5. The molecule has 1 aromatic heterocycles. The third-order valence-electron chi connectivity index (χ3n) is 4.39. The van der Waals surface area contributed by atoms with Gasteiger partial charge in [0.1, 0.15) is 0 Å². The Hall–Kier alpha value is -1.75. The molecule has 0 unspecified atom stereocenters. The van der Waals surface area contributed by atoms with Crippen molar-refractivity contribution in [3.05, 3.63) is 23.4 Å². The van der Waals surface area contributed by atoms with Crippen molar-refractivity contribution in [1.82, 2.24) is 15.1 Å². The summed E-state index contributed by atoms with van der Waals surface area (Å²) in [5.41, 5.74) is 2.39. The summed E-state index contributed by atoms with van der Waals surface area (Å²) in [6.45, 7) is 5.37. The first-order valence-corrected chi connectivity index (χ1v) is 7.07. The molecule has 1 amide bonds. The number of H-pyrrole nitrogens is 1. The summed E-state index contributed by atoms with van der Waals surface area (Å²) in [5, 5.41) is 8.87. The van der Waals surface area contributed by atoms with E-state index in [1.165, 1.54) is 0 Å². The van der Waals surface area contributed by atoms with Crippen molar-refractivity contribution < 1.29 is 4.79 Å². The van der Waals surface area contributed by atoms with Crippen LogP contribution in [0.15, 0.2) is 18.3 Å². The summed E-state index contributed by atoms with van der Waals surface area (Å²) in [5.74, 6) is 0.175. The van der Waals surface area contributed by atoms with Gasteiger partial charge in [-0.2, -0.15) is 5.10 Å². The second-order valence-electron chi connectivity index (χ2n) is 5.99. The van der Waals surface area contributed by atoms with Crippen LogP contribution in [0.2, 0.25) is 5.02 Å². The molecule has 2 aromatic rings. The Labute approximate surface area is 121 Å². The Morgan fingerprint density at radius 2 is 2.10 bits per heavy atom. The SMILES string of the molecule is CC(=O)N1CC2(C1)CN(c1cc(Cl)cc3[nH]ncc13)C2. The molecule has 0 atom stereocenters. The zero-order valence-corrected chi connectivity index (χ0v) is 11.9. The first-order chi connectivity index (χ1) is 9.56. The van der Waals surface area contributed by atoms with Crippen LogP contribution < -0.4 is 4.90 Å². The van der Waals surface area contributed by atoms with Crippen LogP contribution in [0, 0.1) is 5.41 Å². The van der Waals surface area contributed by atoms with Crippen molar-refractivity contribution >= 4 is 34.1 Å². The lowest BCUT2D eigenvalue weighted by Gasteiger charge is -2.60. The van der Waals surface area contributed by atoms with E-state index in [0.717, 1.165) is 47.8 Å². The standard InChI is InChI=1S/C14H15ClN4O/c1-9(20)18-5-14(6-18)7-19(8-14)13-3-10(15)2-12-11(13)4-16-17-12/h2-4H,5-8H2,1H3,(H,16,17). The van der Waals surface area contributed by atoms with E-state index >= 15 is 0 Å². The highest BCUT2D eigenvalue weighted by molar-refractivity contribution is 6.31. The summed E-state index contributed by atoms with van der Waals surface area (Å²) in [6, 6.07) is 3.89. The van der Waals surface area contributed by atoms with Crippen LogP contribution in [0.3, 0.4) is 0 Å². The van der Waals surface area contributed by atoms with E-state index < -0.39 is 0 Å². The van der Waals surface area contributed by atoms with E-state index in [0.29, 0.717) is 5.41 Å². The van der Waals surface area contributed by atoms with Crippen LogP contribution in [0.4, 0.5) is 5.69 Å². The fourth-order valence-electron chi connectivity index (χ4n) is 3.38. The van der Waals surface area contributed by atoms with E-state index in [1.54, 1.807) is 6.92 Å². The van der Waals surface area contributed by atoms with Crippen molar-refractivity contribution in [2.24, 2.45) is 5.41 Å². The number of carbonyl (C=O) groups is 1. The van der Waals surface area contributed by atoms with Crippen molar-refractivity contribution in [1.29, 1.82) is 0 Å². The highest BCUT2D eigenvalue weighted by atomic mass is 35.5. The highest BCUT2D eigenvalue weighted by Gasteiger charge is 2.52. The summed E-state index contributed by atoms with van der Waals surface area (Å²) >= 11 is 6.16. The Balaban J connectivity index is 1.56. The van der Waals surface area contributed by atoms with Gasteiger partial charge in [0.25, 0.3) is 0 Å². The van der Waals surface area contributed by atoms with Gasteiger partial charge in [0.05, 0.1) is 11.7 Å². The van der Waals surface area contributed by atoms with Crippen molar-refractivity contribution in [2.75, 3.05) is 31.1 Å². The van der Waals surface area contributed by atoms with Gasteiger partial charge >= 0.3 is 0 Å². The van der Waals surface area contributed by atoms with Crippen LogP contribution in [0.1, 0.15) is 6.92 Å². The van der Waals surface area contributed by atoms with Gasteiger partial charge in [-0.1, -0.05) is 11.6 Å². The van der Waals surface area contributed by atoms with E-state index in [2.05, 4.69) is 15.1 Å². The third-order valence-corrected chi connectivity index (χ3v) is 4.61. The van der Waals surface area contributed by atoms with Crippen molar-refractivity contribution in [2.45, 2.75) is 6.92 Å². The van der Waals surface area contributed by atoms with Crippen LogP contribution >= 0.6 is 11.6 Å². The molecule has 1 spiro atoms. The molecule has 104 valence electrons. The van der Waals surface area contributed by atoms with E-state index in [1.807, 2.05) is 23.2 Å². The smallest absolute Gasteiger partial charge is 0.219 e. The molecule has 0 aliphatic carbocycles. The van der Waals surface area contributed by atoms with Gasteiger partial charge in [0.15, 0.2) is 0 Å². The molecule has 2 aliphatic heterocycles. The Bertz CT molecular complexity index is 696. The zero-order valence-electron chi connectivity index (χ0n) is 11.2. The topological polar surface area (TPSA) is 52.2 Å². The molecule has 6 heteroatoms. The molecule has 2 fully saturated rings. The molecule has 20 heavy (non-hydrogen) atoms. The van der Waals surface area contributed by atoms with E-state index in [-0.39, 0.29) is 5.91 Å². The van der Waals surface area contributed by atoms with Crippen molar-refractivity contribution in [3.63, 3.8) is 0 Å². The molecular weight excluding hydrogens is 276 g/mol. The fourth-order valence-corrected chi connectivity index (χ4v) is 3.59. The Kier molecular flexibility index (Phi) is 2.33. The van der Waals surface area contributed by atoms with Gasteiger partial charge in [0.2, 0.25) is 5.91 Å². The zero-order chi connectivity index (χ0) is 13.9. The van der Waals surface area contributed by atoms with Gasteiger partial charge in [-0.15, -0.1) is 0 Å². The minimum absolute atomic E-state index is 0.175. The molecule has 2 aliphatic rings. The maximum atomic E-state index is 11.3. The number of anilines is 1. The first-order valence-electron chi connectivity index (χ1n) is 6.69. The molecule has 3 heterocycles. The molecule has 1 N–H and O–H groups in total. The van der Waals surface area contributed by atoms with Crippen LogP contribution in [0.5, 0.6) is 0 Å². The summed E-state index contributed by atoms with van der Waals surface area (Å²) in [7, 11) is 0. The number of carbonyl (C=O) groups excluding carboxylic acids is 1. The molecule has 1 aromatic carbocycles. The molecule has 0 saturated carbocycles.